The number of fused-ring (bicyclic) bond motifs is 1. The highest BCUT2D eigenvalue weighted by molar-refractivity contribution is 5.96. The summed E-state index contributed by atoms with van der Waals surface area (Å²) in [6, 6.07) is 16.3. The average molecular weight is 375 g/mol. The Morgan fingerprint density at radius 2 is 1.89 bits per heavy atom. The molecule has 1 atom stereocenters. The summed E-state index contributed by atoms with van der Waals surface area (Å²) in [5, 5.41) is 0. The summed E-state index contributed by atoms with van der Waals surface area (Å²) < 4.78 is 5.29. The maximum Gasteiger partial charge on any atom is 0.290 e. The van der Waals surface area contributed by atoms with Crippen LogP contribution in [0.25, 0.3) is 0 Å². The van der Waals surface area contributed by atoms with Gasteiger partial charge in [-0.05, 0) is 35.4 Å². The molecule has 3 aromatic rings. The fourth-order valence-electron chi connectivity index (χ4n) is 3.57. The summed E-state index contributed by atoms with van der Waals surface area (Å²) in [5.74, 6) is -0.145. The third kappa shape index (κ3) is 3.53. The van der Waals surface area contributed by atoms with E-state index < -0.39 is 6.04 Å². The molecule has 0 bridgehead atoms. The molecule has 0 radical (unpaired) electrons. The van der Waals surface area contributed by atoms with Gasteiger partial charge < -0.3 is 14.2 Å². The van der Waals surface area contributed by atoms with Crippen molar-refractivity contribution >= 4 is 11.8 Å². The predicted octanol–water partition coefficient (Wildman–Crippen LogP) is 2.90. The SMILES string of the molecule is CN(Cc1ccccn1)C(=O)C1Cc2ccccc2CN1C(=O)c1ccco1. The van der Waals surface area contributed by atoms with Gasteiger partial charge in [-0.1, -0.05) is 30.3 Å². The zero-order chi connectivity index (χ0) is 19.5. The number of aromatic nitrogens is 1. The Labute approximate surface area is 163 Å². The van der Waals surface area contributed by atoms with Crippen molar-refractivity contribution in [3.05, 3.63) is 89.6 Å². The first-order chi connectivity index (χ1) is 13.6. The Balaban J connectivity index is 1.61. The molecule has 142 valence electrons. The molecule has 2 amide bonds. The van der Waals surface area contributed by atoms with Crippen molar-refractivity contribution in [3.8, 4) is 0 Å². The maximum absolute atomic E-state index is 13.3. The van der Waals surface area contributed by atoms with Crippen LogP contribution in [0, 0.1) is 0 Å². The van der Waals surface area contributed by atoms with Crippen molar-refractivity contribution in [1.82, 2.24) is 14.8 Å². The van der Waals surface area contributed by atoms with Crippen molar-refractivity contribution < 1.29 is 14.0 Å². The number of pyridine rings is 1. The van der Waals surface area contributed by atoms with Crippen LogP contribution in [0.3, 0.4) is 0 Å². The quantitative estimate of drug-likeness (QED) is 0.703. The van der Waals surface area contributed by atoms with Crippen molar-refractivity contribution in [1.29, 1.82) is 0 Å². The van der Waals surface area contributed by atoms with Gasteiger partial charge in [-0.3, -0.25) is 14.6 Å². The summed E-state index contributed by atoms with van der Waals surface area (Å²) >= 11 is 0. The normalized spacial score (nSPS) is 15.8. The van der Waals surface area contributed by atoms with Crippen LogP contribution in [0.15, 0.2) is 71.5 Å². The minimum Gasteiger partial charge on any atom is -0.459 e. The topological polar surface area (TPSA) is 66.7 Å². The number of nitrogens with zero attached hydrogens (tertiary/aromatic N) is 3. The molecule has 1 aliphatic rings. The second kappa shape index (κ2) is 7.68. The number of carbonyl (C=O) groups is 2. The highest BCUT2D eigenvalue weighted by Crippen LogP contribution is 2.26. The van der Waals surface area contributed by atoms with Crippen molar-refractivity contribution in [2.75, 3.05) is 7.05 Å². The first kappa shape index (κ1) is 18.0. The second-order valence-electron chi connectivity index (χ2n) is 6.91. The monoisotopic (exact) mass is 375 g/mol. The minimum atomic E-state index is -0.582. The molecular weight excluding hydrogens is 354 g/mol. The van der Waals surface area contributed by atoms with E-state index >= 15 is 0 Å². The van der Waals surface area contributed by atoms with Crippen molar-refractivity contribution in [2.45, 2.75) is 25.6 Å². The zero-order valence-electron chi connectivity index (χ0n) is 15.6. The number of hydrogen-bond donors (Lipinski definition) is 0. The third-order valence-corrected chi connectivity index (χ3v) is 5.03. The van der Waals surface area contributed by atoms with Gasteiger partial charge in [-0.2, -0.15) is 0 Å². The Morgan fingerprint density at radius 1 is 1.11 bits per heavy atom. The van der Waals surface area contributed by atoms with E-state index in [1.165, 1.54) is 6.26 Å². The highest BCUT2D eigenvalue weighted by Gasteiger charge is 2.37. The molecule has 0 aliphatic carbocycles. The van der Waals surface area contributed by atoms with Crippen LogP contribution in [0.2, 0.25) is 0 Å². The lowest BCUT2D eigenvalue weighted by atomic mass is 9.93. The number of benzene rings is 1. The number of furan rings is 1. The first-order valence-electron chi connectivity index (χ1n) is 9.19. The molecule has 4 rings (SSSR count). The molecule has 0 fully saturated rings. The number of carbonyl (C=O) groups excluding carboxylic acids is 2. The molecule has 2 aromatic heterocycles. The Morgan fingerprint density at radius 3 is 2.61 bits per heavy atom. The number of likely N-dealkylation sites (N-methyl/N-ethyl adjacent to an activating group) is 1. The lowest BCUT2D eigenvalue weighted by Gasteiger charge is -2.37. The van der Waals surface area contributed by atoms with E-state index in [-0.39, 0.29) is 17.6 Å². The van der Waals surface area contributed by atoms with E-state index in [2.05, 4.69) is 4.98 Å². The predicted molar refractivity (Wildman–Crippen MR) is 103 cm³/mol. The summed E-state index contributed by atoms with van der Waals surface area (Å²) in [4.78, 5) is 33.8. The van der Waals surface area contributed by atoms with E-state index in [9.17, 15) is 9.59 Å². The van der Waals surface area contributed by atoms with Gasteiger partial charge in [0.1, 0.15) is 6.04 Å². The number of rotatable bonds is 4. The van der Waals surface area contributed by atoms with Crippen molar-refractivity contribution in [2.24, 2.45) is 0 Å². The minimum absolute atomic E-state index is 0.111. The van der Waals surface area contributed by atoms with Crippen molar-refractivity contribution in [3.63, 3.8) is 0 Å². The van der Waals surface area contributed by atoms with Crippen LogP contribution in [0.4, 0.5) is 0 Å². The molecule has 1 aliphatic heterocycles. The van der Waals surface area contributed by atoms with E-state index in [0.29, 0.717) is 19.5 Å². The molecule has 1 aromatic carbocycles. The molecule has 6 heteroatoms. The molecule has 0 N–H and O–H groups in total. The van der Waals surface area contributed by atoms with Crippen LogP contribution in [0.1, 0.15) is 27.4 Å². The van der Waals surface area contributed by atoms with E-state index in [4.69, 9.17) is 4.42 Å². The lowest BCUT2D eigenvalue weighted by molar-refractivity contribution is -0.136. The van der Waals surface area contributed by atoms with E-state index in [1.807, 2.05) is 42.5 Å². The summed E-state index contributed by atoms with van der Waals surface area (Å²) in [6.45, 7) is 0.768. The number of hydrogen-bond acceptors (Lipinski definition) is 4. The summed E-state index contributed by atoms with van der Waals surface area (Å²) in [7, 11) is 1.74. The van der Waals surface area contributed by atoms with E-state index in [0.717, 1.165) is 16.8 Å². The van der Waals surface area contributed by atoms with Gasteiger partial charge in [0.15, 0.2) is 5.76 Å². The highest BCUT2D eigenvalue weighted by atomic mass is 16.3. The summed E-state index contributed by atoms with van der Waals surface area (Å²) in [6.07, 6.45) is 3.65. The van der Waals surface area contributed by atoms with Gasteiger partial charge in [0.25, 0.3) is 5.91 Å². The van der Waals surface area contributed by atoms with Crippen LogP contribution < -0.4 is 0 Å². The standard InChI is InChI=1S/C22H21N3O3/c1-24(15-18-9-4-5-11-23-18)21(26)19-13-16-7-2-3-8-17(16)14-25(19)22(27)20-10-6-12-28-20/h2-12,19H,13-15H2,1H3. The smallest absolute Gasteiger partial charge is 0.290 e. The Hall–Kier alpha value is -3.41. The fraction of sp³-hybridized carbons (Fsp3) is 0.227. The third-order valence-electron chi connectivity index (χ3n) is 5.03. The van der Waals surface area contributed by atoms with Crippen LogP contribution in [-0.2, 0) is 24.3 Å². The molecule has 0 spiro atoms. The zero-order valence-corrected chi connectivity index (χ0v) is 15.6. The number of amides is 2. The van der Waals surface area contributed by atoms with Gasteiger partial charge in [0.05, 0.1) is 18.5 Å². The molecule has 1 unspecified atom stereocenters. The maximum atomic E-state index is 13.3. The molecule has 3 heterocycles. The van der Waals surface area contributed by atoms with Crippen LogP contribution in [0.5, 0.6) is 0 Å². The molecule has 0 saturated heterocycles. The lowest BCUT2D eigenvalue weighted by Crippen LogP contribution is -2.52. The molecule has 28 heavy (non-hydrogen) atoms. The van der Waals surface area contributed by atoms with Crippen LogP contribution >= 0.6 is 0 Å². The molecule has 0 saturated carbocycles. The fourth-order valence-corrected chi connectivity index (χ4v) is 3.57. The second-order valence-corrected chi connectivity index (χ2v) is 6.91. The molecule has 6 nitrogen and oxygen atoms in total. The van der Waals surface area contributed by atoms with E-state index in [1.54, 1.807) is 35.2 Å². The Bertz CT molecular complexity index is 970. The Kier molecular flexibility index (Phi) is 4.93. The summed E-state index contributed by atoms with van der Waals surface area (Å²) in [5.41, 5.74) is 2.95. The largest absolute Gasteiger partial charge is 0.459 e. The first-order valence-corrected chi connectivity index (χ1v) is 9.19. The van der Waals surface area contributed by atoms with Crippen LogP contribution in [-0.4, -0.2) is 39.7 Å². The average Bonchev–Trinajstić information content (AvgIpc) is 3.27. The van der Waals surface area contributed by atoms with Gasteiger partial charge >= 0.3 is 0 Å². The molecular formula is C22H21N3O3. The van der Waals surface area contributed by atoms with Gasteiger partial charge in [-0.15, -0.1) is 0 Å². The van der Waals surface area contributed by atoms with Gasteiger partial charge in [0, 0.05) is 26.2 Å². The van der Waals surface area contributed by atoms with Gasteiger partial charge in [0.2, 0.25) is 5.91 Å². The van der Waals surface area contributed by atoms with Gasteiger partial charge in [-0.25, -0.2) is 0 Å².